The average Bonchev–Trinajstić information content (AvgIpc) is 2.82. The minimum atomic E-state index is -0.00653. The minimum absolute atomic E-state index is 0.00653. The molecule has 0 aliphatic heterocycles. The highest BCUT2D eigenvalue weighted by molar-refractivity contribution is 5.87. The Bertz CT molecular complexity index is 510. The predicted molar refractivity (Wildman–Crippen MR) is 86.4 cm³/mol. The zero-order valence-electron chi connectivity index (χ0n) is 14.2. The minimum Gasteiger partial charge on any atom is -0.300 e. The third-order valence-corrected chi connectivity index (χ3v) is 8.55. The van der Waals surface area contributed by atoms with Crippen molar-refractivity contribution in [2.45, 2.75) is 78.1 Å². The molecular weight excluding hydrogens is 272 g/mol. The average molecular weight is 302 g/mol. The van der Waals surface area contributed by atoms with Crippen molar-refractivity contribution in [1.29, 1.82) is 0 Å². The second-order valence-corrected chi connectivity index (χ2v) is 8.90. The molecule has 4 aliphatic carbocycles. The number of Topliss-reactive ketones (excluding diaryl/α,β-unsaturated/α-hetero) is 2. The van der Waals surface area contributed by atoms with Crippen molar-refractivity contribution in [2.24, 2.45) is 34.5 Å². The molecule has 2 nitrogen and oxygen atoms in total. The summed E-state index contributed by atoms with van der Waals surface area (Å²) in [5, 5.41) is 0. The molecule has 0 bridgehead atoms. The van der Waals surface area contributed by atoms with Crippen molar-refractivity contribution >= 4 is 11.6 Å². The molecule has 0 radical (unpaired) electrons. The van der Waals surface area contributed by atoms with Gasteiger partial charge >= 0.3 is 0 Å². The lowest BCUT2D eigenvalue weighted by Gasteiger charge is -2.60. The van der Waals surface area contributed by atoms with Gasteiger partial charge in [0.2, 0.25) is 0 Å². The molecule has 2 heteroatoms. The van der Waals surface area contributed by atoms with Gasteiger partial charge in [0.1, 0.15) is 11.6 Å². The first-order chi connectivity index (χ1) is 10.5. The summed E-state index contributed by atoms with van der Waals surface area (Å²) in [5.74, 6) is 3.87. The Morgan fingerprint density at radius 3 is 2.59 bits per heavy atom. The van der Waals surface area contributed by atoms with Gasteiger partial charge in [-0.2, -0.15) is 0 Å². The summed E-state index contributed by atoms with van der Waals surface area (Å²) < 4.78 is 0. The molecule has 0 N–H and O–H groups in total. The van der Waals surface area contributed by atoms with E-state index in [0.29, 0.717) is 28.8 Å². The van der Waals surface area contributed by atoms with Crippen molar-refractivity contribution in [1.82, 2.24) is 0 Å². The third-order valence-electron chi connectivity index (χ3n) is 8.55. The van der Waals surface area contributed by atoms with Gasteiger partial charge in [0, 0.05) is 24.7 Å². The summed E-state index contributed by atoms with van der Waals surface area (Å²) in [6.45, 7) is 4.62. The standard InChI is InChI=1S/C20H30O2/c1-3-20-11-8-14(21)12-13(20)4-5-15-16-6-7-18(22)19(16,2)10-9-17(15)20/h13,15-17H,3-12H2,1-2H3/t13?,15-,16-,17-,19-,20-/m0/s1. The van der Waals surface area contributed by atoms with Crippen LogP contribution in [0.25, 0.3) is 0 Å². The Morgan fingerprint density at radius 2 is 1.82 bits per heavy atom. The van der Waals surface area contributed by atoms with Crippen molar-refractivity contribution in [3.63, 3.8) is 0 Å². The van der Waals surface area contributed by atoms with Gasteiger partial charge in [-0.05, 0) is 74.0 Å². The molecule has 0 heterocycles. The van der Waals surface area contributed by atoms with E-state index in [4.69, 9.17) is 0 Å². The quantitative estimate of drug-likeness (QED) is 0.711. The van der Waals surface area contributed by atoms with Gasteiger partial charge in [0.15, 0.2) is 0 Å². The molecule has 0 amide bonds. The van der Waals surface area contributed by atoms with Gasteiger partial charge in [-0.3, -0.25) is 9.59 Å². The van der Waals surface area contributed by atoms with Gasteiger partial charge < -0.3 is 0 Å². The second kappa shape index (κ2) is 4.92. The molecule has 6 atom stereocenters. The maximum atomic E-state index is 12.4. The molecule has 4 saturated carbocycles. The molecule has 0 spiro atoms. The van der Waals surface area contributed by atoms with E-state index in [-0.39, 0.29) is 5.41 Å². The number of hydrogen-bond donors (Lipinski definition) is 0. The van der Waals surface area contributed by atoms with E-state index in [1.54, 1.807) is 0 Å². The van der Waals surface area contributed by atoms with Gasteiger partial charge in [-0.25, -0.2) is 0 Å². The van der Waals surface area contributed by atoms with Crippen molar-refractivity contribution in [3.05, 3.63) is 0 Å². The molecule has 22 heavy (non-hydrogen) atoms. The van der Waals surface area contributed by atoms with E-state index in [0.717, 1.165) is 50.4 Å². The summed E-state index contributed by atoms with van der Waals surface area (Å²) in [6.07, 6.45) is 10.9. The van der Waals surface area contributed by atoms with Crippen LogP contribution in [-0.2, 0) is 9.59 Å². The van der Waals surface area contributed by atoms with E-state index in [2.05, 4.69) is 13.8 Å². The first kappa shape index (κ1) is 14.9. The number of ketones is 2. The first-order valence-corrected chi connectivity index (χ1v) is 9.56. The molecule has 1 unspecified atom stereocenters. The Hall–Kier alpha value is -0.660. The maximum absolute atomic E-state index is 12.4. The van der Waals surface area contributed by atoms with Gasteiger partial charge in [0.25, 0.3) is 0 Å². The van der Waals surface area contributed by atoms with E-state index in [9.17, 15) is 9.59 Å². The van der Waals surface area contributed by atoms with Crippen LogP contribution in [0.1, 0.15) is 78.1 Å². The Labute approximate surface area is 134 Å². The maximum Gasteiger partial charge on any atom is 0.139 e. The van der Waals surface area contributed by atoms with Crippen LogP contribution < -0.4 is 0 Å². The summed E-state index contributed by atoms with van der Waals surface area (Å²) >= 11 is 0. The molecule has 4 fully saturated rings. The summed E-state index contributed by atoms with van der Waals surface area (Å²) in [7, 11) is 0. The fourth-order valence-electron chi connectivity index (χ4n) is 7.33. The second-order valence-electron chi connectivity index (χ2n) is 8.90. The number of rotatable bonds is 1. The zero-order chi connectivity index (χ0) is 15.5. The molecule has 0 aromatic rings. The highest BCUT2D eigenvalue weighted by Gasteiger charge is 2.60. The van der Waals surface area contributed by atoms with Crippen LogP contribution in [0.4, 0.5) is 0 Å². The molecule has 0 saturated heterocycles. The van der Waals surface area contributed by atoms with Crippen LogP contribution >= 0.6 is 0 Å². The number of hydrogen-bond acceptors (Lipinski definition) is 2. The monoisotopic (exact) mass is 302 g/mol. The highest BCUT2D eigenvalue weighted by atomic mass is 16.1. The molecule has 4 aliphatic rings. The first-order valence-electron chi connectivity index (χ1n) is 9.56. The van der Waals surface area contributed by atoms with Gasteiger partial charge in [0.05, 0.1) is 0 Å². The molecule has 0 aromatic heterocycles. The van der Waals surface area contributed by atoms with E-state index >= 15 is 0 Å². The molecular formula is C20H30O2. The third kappa shape index (κ3) is 1.79. The van der Waals surface area contributed by atoms with Crippen LogP contribution in [-0.4, -0.2) is 11.6 Å². The van der Waals surface area contributed by atoms with Crippen LogP contribution in [0.5, 0.6) is 0 Å². The fraction of sp³-hybridized carbons (Fsp3) is 0.900. The van der Waals surface area contributed by atoms with Crippen molar-refractivity contribution in [2.75, 3.05) is 0 Å². The van der Waals surface area contributed by atoms with Crippen LogP contribution in [0, 0.1) is 34.5 Å². The van der Waals surface area contributed by atoms with Crippen LogP contribution in [0.2, 0.25) is 0 Å². The Kier molecular flexibility index (Phi) is 3.33. The number of fused-ring (bicyclic) bond motifs is 5. The fourth-order valence-corrected chi connectivity index (χ4v) is 7.33. The molecule has 4 rings (SSSR count). The van der Waals surface area contributed by atoms with E-state index in [1.807, 2.05) is 0 Å². The summed E-state index contributed by atoms with van der Waals surface area (Å²) in [5.41, 5.74) is 0.414. The molecule has 122 valence electrons. The predicted octanol–water partition coefficient (Wildman–Crippen LogP) is 4.56. The highest BCUT2D eigenvalue weighted by Crippen LogP contribution is 2.66. The lowest BCUT2D eigenvalue weighted by molar-refractivity contribution is -0.147. The number of carbonyl (C=O) groups is 2. The Morgan fingerprint density at radius 1 is 1.00 bits per heavy atom. The van der Waals surface area contributed by atoms with Crippen molar-refractivity contribution < 1.29 is 9.59 Å². The lowest BCUT2D eigenvalue weighted by Crippen LogP contribution is -2.54. The van der Waals surface area contributed by atoms with Crippen LogP contribution in [0.3, 0.4) is 0 Å². The molecule has 0 aromatic carbocycles. The lowest BCUT2D eigenvalue weighted by atomic mass is 9.44. The zero-order valence-corrected chi connectivity index (χ0v) is 14.2. The normalized spacial score (nSPS) is 51.2. The van der Waals surface area contributed by atoms with Gasteiger partial charge in [-0.1, -0.05) is 13.8 Å². The Balaban J connectivity index is 1.68. The van der Waals surface area contributed by atoms with Gasteiger partial charge in [-0.15, -0.1) is 0 Å². The largest absolute Gasteiger partial charge is 0.300 e. The SMILES string of the molecule is CC[C@]12CCC(=O)CC1CC[C@@H]1[C@@H]2CC[C@]2(C)C(=O)CC[C@@H]12. The smallest absolute Gasteiger partial charge is 0.139 e. The number of carbonyl (C=O) groups excluding carboxylic acids is 2. The van der Waals surface area contributed by atoms with Crippen molar-refractivity contribution in [3.8, 4) is 0 Å². The summed E-state index contributed by atoms with van der Waals surface area (Å²) in [4.78, 5) is 24.4. The summed E-state index contributed by atoms with van der Waals surface area (Å²) in [6, 6.07) is 0. The topological polar surface area (TPSA) is 34.1 Å². The van der Waals surface area contributed by atoms with Crippen LogP contribution in [0.15, 0.2) is 0 Å². The van der Waals surface area contributed by atoms with E-state index < -0.39 is 0 Å². The van der Waals surface area contributed by atoms with E-state index in [1.165, 1.54) is 25.7 Å².